The number of methoxy groups -OCH3 is 2. The van der Waals surface area contributed by atoms with E-state index < -0.39 is 0 Å². The predicted octanol–water partition coefficient (Wildman–Crippen LogP) is 15.4. The summed E-state index contributed by atoms with van der Waals surface area (Å²) in [5.74, 6) is 3.84. The molecule has 4 aromatic heterocycles. The van der Waals surface area contributed by atoms with Gasteiger partial charge in [0.25, 0.3) is 0 Å². The second kappa shape index (κ2) is 21.6. The molecule has 404 valence electrons. The standard InChI is InChI=1S/C36H38N4O.C33H38N4O/c1-21(2)23-6-8-24(9-7-23)25(18-33-35-29(13-15-37-33)27-11-5-22(3)17-31(27)39-35)19-34-36-30(14-16-38-34)28-12-10-26(41-4)20-32(28)40-36;1-20-8-10-24-26-12-14-34-30(32(26)36-28(24)16-20)17-22(21-6-4-3-5-7-21)18-31-33-27(13-15-35-31)25-11-9-23(38-2)19-29(25)37-33/h5-12,17,20-21,25,39-40H,13-16,18-19H2,1-4H3;8-11,16,19,21-22,36-37H,3-7,12-15,17-18H2,1-2H3. The van der Waals surface area contributed by atoms with Gasteiger partial charge in [-0.05, 0) is 170 Å². The molecule has 10 nitrogen and oxygen atoms in total. The number of nitrogens with one attached hydrogen (secondary N) is 4. The SMILES string of the molecule is COc1ccc2c3c([nH]c2c1)C(CC(CC1=NCCc2c1[nH]c1cc(C)ccc21)C1CCCCC1)=NCC3.COc1ccc2c3c([nH]c2c1)C(CC(CC1=NCCc2c1[nH]c1cc(C)ccc21)c1ccc(C(C)C)cc1)=NCC3. The number of rotatable bonds is 13. The van der Waals surface area contributed by atoms with E-state index in [2.05, 4.69) is 145 Å². The Morgan fingerprint density at radius 3 is 1.20 bits per heavy atom. The van der Waals surface area contributed by atoms with Crippen molar-refractivity contribution < 1.29 is 9.47 Å². The van der Waals surface area contributed by atoms with Crippen LogP contribution in [0.2, 0.25) is 0 Å². The molecule has 1 saturated carbocycles. The summed E-state index contributed by atoms with van der Waals surface area (Å²) in [6.45, 7) is 12.3. The number of fused-ring (bicyclic) bond motifs is 12. The molecule has 0 amide bonds. The van der Waals surface area contributed by atoms with Crippen molar-refractivity contribution in [3.05, 3.63) is 164 Å². The van der Waals surface area contributed by atoms with E-state index in [0.717, 1.165) is 106 Å². The predicted molar refractivity (Wildman–Crippen MR) is 328 cm³/mol. The highest BCUT2D eigenvalue weighted by atomic mass is 16.5. The summed E-state index contributed by atoms with van der Waals surface area (Å²) in [5, 5.41) is 5.31. The van der Waals surface area contributed by atoms with E-state index in [0.29, 0.717) is 11.8 Å². The third-order valence-corrected chi connectivity index (χ3v) is 18.3. The molecule has 1 aliphatic carbocycles. The van der Waals surface area contributed by atoms with E-state index in [1.165, 1.54) is 155 Å². The van der Waals surface area contributed by atoms with Gasteiger partial charge in [-0.25, -0.2) is 0 Å². The van der Waals surface area contributed by atoms with Crippen LogP contribution in [0.1, 0.15) is 151 Å². The van der Waals surface area contributed by atoms with Gasteiger partial charge in [0.05, 0.1) is 59.8 Å². The largest absolute Gasteiger partial charge is 0.497 e. The van der Waals surface area contributed by atoms with Gasteiger partial charge in [0.15, 0.2) is 0 Å². The number of H-pyrrole nitrogens is 4. The maximum Gasteiger partial charge on any atom is 0.120 e. The molecule has 14 rings (SSSR count). The highest BCUT2D eigenvalue weighted by Gasteiger charge is 2.32. The zero-order valence-corrected chi connectivity index (χ0v) is 47.2. The van der Waals surface area contributed by atoms with Crippen LogP contribution in [0, 0.1) is 25.7 Å². The fourth-order valence-electron chi connectivity index (χ4n) is 14.1. The second-order valence-corrected chi connectivity index (χ2v) is 23.6. The number of hydrogen-bond donors (Lipinski definition) is 4. The summed E-state index contributed by atoms with van der Waals surface area (Å²) in [5.41, 5.74) is 25.6. The molecule has 0 spiro atoms. The zero-order valence-electron chi connectivity index (χ0n) is 47.2. The normalized spacial score (nSPS) is 17.1. The number of aromatic nitrogens is 4. The fourth-order valence-corrected chi connectivity index (χ4v) is 14.1. The Kier molecular flexibility index (Phi) is 14.0. The first-order valence-electron chi connectivity index (χ1n) is 29.5. The molecule has 5 aromatic carbocycles. The smallest absolute Gasteiger partial charge is 0.120 e. The average molecular weight is 1050 g/mol. The van der Waals surface area contributed by atoms with Gasteiger partial charge >= 0.3 is 0 Å². The van der Waals surface area contributed by atoms with Crippen molar-refractivity contribution in [1.82, 2.24) is 19.9 Å². The molecule has 2 atom stereocenters. The molecule has 10 heteroatoms. The van der Waals surface area contributed by atoms with Crippen LogP contribution in [0.3, 0.4) is 0 Å². The van der Waals surface area contributed by atoms with Gasteiger partial charge in [-0.1, -0.05) is 94.5 Å². The molecule has 0 radical (unpaired) electrons. The van der Waals surface area contributed by atoms with E-state index >= 15 is 0 Å². The van der Waals surface area contributed by atoms with Gasteiger partial charge in [0.1, 0.15) is 11.5 Å². The summed E-state index contributed by atoms with van der Waals surface area (Å²) in [6, 6.07) is 35.6. The molecular formula is C69H76N8O2. The van der Waals surface area contributed by atoms with Crippen molar-refractivity contribution in [1.29, 1.82) is 0 Å². The van der Waals surface area contributed by atoms with Crippen molar-refractivity contribution in [3.63, 3.8) is 0 Å². The molecule has 79 heavy (non-hydrogen) atoms. The monoisotopic (exact) mass is 1050 g/mol. The summed E-state index contributed by atoms with van der Waals surface area (Å²) in [6.07, 6.45) is 14.5. The zero-order chi connectivity index (χ0) is 53.7. The first-order valence-corrected chi connectivity index (χ1v) is 29.5. The van der Waals surface area contributed by atoms with Gasteiger partial charge in [0.2, 0.25) is 0 Å². The highest BCUT2D eigenvalue weighted by Crippen LogP contribution is 2.40. The van der Waals surface area contributed by atoms with Crippen LogP contribution in [0.5, 0.6) is 11.5 Å². The summed E-state index contributed by atoms with van der Waals surface area (Å²) in [7, 11) is 3.46. The Balaban J connectivity index is 0.000000150. The molecule has 0 bridgehead atoms. The van der Waals surface area contributed by atoms with E-state index in [9.17, 15) is 0 Å². The van der Waals surface area contributed by atoms with Crippen LogP contribution < -0.4 is 9.47 Å². The maximum atomic E-state index is 5.51. The lowest BCUT2D eigenvalue weighted by atomic mass is 9.74. The Morgan fingerprint density at radius 1 is 0.443 bits per heavy atom. The topological polar surface area (TPSA) is 131 Å². The Labute approximate surface area is 464 Å². The number of hydrogen-bond acceptors (Lipinski definition) is 6. The van der Waals surface area contributed by atoms with E-state index in [-0.39, 0.29) is 5.92 Å². The van der Waals surface area contributed by atoms with Crippen molar-refractivity contribution in [2.45, 2.75) is 123 Å². The molecule has 4 N–H and O–H groups in total. The fraction of sp³-hybridized carbons (Fsp3) is 0.391. The number of aromatic amines is 4. The molecule has 5 aliphatic rings. The molecule has 2 unspecified atom stereocenters. The third-order valence-electron chi connectivity index (χ3n) is 18.3. The molecule has 4 aliphatic heterocycles. The number of nitrogens with zero attached hydrogens (tertiary/aromatic N) is 4. The highest BCUT2D eigenvalue weighted by molar-refractivity contribution is 6.10. The van der Waals surface area contributed by atoms with Gasteiger partial charge in [-0.3, -0.25) is 20.0 Å². The third kappa shape index (κ3) is 9.95. The van der Waals surface area contributed by atoms with E-state index in [4.69, 9.17) is 29.4 Å². The lowest BCUT2D eigenvalue weighted by molar-refractivity contribution is 0.258. The molecule has 0 saturated heterocycles. The molecular weight excluding hydrogens is 973 g/mol. The first kappa shape index (κ1) is 51.0. The lowest BCUT2D eigenvalue weighted by Gasteiger charge is -2.32. The van der Waals surface area contributed by atoms with Gasteiger partial charge in [0, 0.05) is 81.9 Å². The van der Waals surface area contributed by atoms with Crippen LogP contribution in [-0.2, 0) is 25.7 Å². The summed E-state index contributed by atoms with van der Waals surface area (Å²) < 4.78 is 11.0. The van der Waals surface area contributed by atoms with Gasteiger partial charge in [-0.2, -0.15) is 0 Å². The minimum atomic E-state index is 0.264. The van der Waals surface area contributed by atoms with Gasteiger partial charge < -0.3 is 29.4 Å². The quantitative estimate of drug-likeness (QED) is 0.0916. The van der Waals surface area contributed by atoms with Crippen molar-refractivity contribution >= 4 is 66.5 Å². The van der Waals surface area contributed by atoms with Crippen LogP contribution in [-0.4, -0.2) is 83.2 Å². The van der Waals surface area contributed by atoms with Crippen molar-refractivity contribution in [2.24, 2.45) is 31.8 Å². The van der Waals surface area contributed by atoms with E-state index in [1.54, 1.807) is 14.2 Å². The van der Waals surface area contributed by atoms with Crippen LogP contribution >= 0.6 is 0 Å². The summed E-state index contributed by atoms with van der Waals surface area (Å²) >= 11 is 0. The average Bonchev–Trinajstić information content (AvgIpc) is 4.37. The Hall–Kier alpha value is -7.46. The van der Waals surface area contributed by atoms with Crippen LogP contribution in [0.25, 0.3) is 43.6 Å². The van der Waals surface area contributed by atoms with Crippen molar-refractivity contribution in [2.75, 3.05) is 40.4 Å². The lowest BCUT2D eigenvalue weighted by Crippen LogP contribution is -2.27. The molecule has 8 heterocycles. The minimum absolute atomic E-state index is 0.264. The van der Waals surface area contributed by atoms with E-state index in [1.807, 2.05) is 0 Å². The van der Waals surface area contributed by atoms with Crippen LogP contribution in [0.4, 0.5) is 0 Å². The summed E-state index contributed by atoms with van der Waals surface area (Å²) in [4.78, 5) is 35.5. The Bertz CT molecular complexity index is 3880. The molecule has 9 aromatic rings. The number of aliphatic imine (C=N–C) groups is 4. The maximum absolute atomic E-state index is 5.51. The number of aryl methyl sites for hydroxylation is 2. The Morgan fingerprint density at radius 2 is 0.810 bits per heavy atom. The van der Waals surface area contributed by atoms with Crippen molar-refractivity contribution in [3.8, 4) is 11.5 Å². The first-order chi connectivity index (χ1) is 38.7. The van der Waals surface area contributed by atoms with Crippen LogP contribution in [0.15, 0.2) is 117 Å². The second-order valence-electron chi connectivity index (χ2n) is 23.6. The van der Waals surface area contributed by atoms with Gasteiger partial charge in [-0.15, -0.1) is 0 Å². The number of ether oxygens (including phenoxy) is 2. The number of benzene rings is 5. The molecule has 1 fully saturated rings. The minimum Gasteiger partial charge on any atom is -0.497 e.